The first-order valence-electron chi connectivity index (χ1n) is 6.39. The van der Waals surface area contributed by atoms with E-state index < -0.39 is 0 Å². The molecule has 0 radical (unpaired) electrons. The highest BCUT2D eigenvalue weighted by atomic mass is 32.2. The van der Waals surface area contributed by atoms with E-state index in [9.17, 15) is 5.11 Å². The highest BCUT2D eigenvalue weighted by molar-refractivity contribution is 8.07. The predicted octanol–water partition coefficient (Wildman–Crippen LogP) is 4.42. The quantitative estimate of drug-likeness (QED) is 0.774. The van der Waals surface area contributed by atoms with Gasteiger partial charge in [0.05, 0.1) is 4.75 Å². The van der Waals surface area contributed by atoms with Crippen LogP contribution < -0.4 is 0 Å². The van der Waals surface area contributed by atoms with Gasteiger partial charge >= 0.3 is 0 Å². The van der Waals surface area contributed by atoms with Crippen molar-refractivity contribution >= 4 is 23.5 Å². The molecule has 2 aromatic carbocycles. The fourth-order valence-electron chi connectivity index (χ4n) is 2.86. The molecule has 2 aliphatic heterocycles. The minimum absolute atomic E-state index is 0.229. The summed E-state index contributed by atoms with van der Waals surface area (Å²) in [6.45, 7) is 2.16. The lowest BCUT2D eigenvalue weighted by Gasteiger charge is -2.45. The van der Waals surface area contributed by atoms with Crippen molar-refractivity contribution in [3.63, 3.8) is 0 Å². The molecular weight excluding hydrogens is 272 g/mol. The van der Waals surface area contributed by atoms with Gasteiger partial charge in [0.15, 0.2) is 0 Å². The molecule has 1 N–H and O–H groups in total. The van der Waals surface area contributed by atoms with Crippen LogP contribution in [0.4, 0.5) is 0 Å². The van der Waals surface area contributed by atoms with Crippen LogP contribution >= 0.6 is 23.5 Å². The number of benzene rings is 2. The van der Waals surface area contributed by atoms with Crippen molar-refractivity contribution in [1.82, 2.24) is 0 Å². The van der Waals surface area contributed by atoms with E-state index in [1.54, 1.807) is 6.07 Å². The van der Waals surface area contributed by atoms with Crippen LogP contribution in [0, 0.1) is 6.92 Å². The molecule has 0 aliphatic carbocycles. The third-order valence-corrected chi connectivity index (χ3v) is 7.11. The lowest BCUT2D eigenvalue weighted by Crippen LogP contribution is -2.38. The Morgan fingerprint density at radius 3 is 2.58 bits per heavy atom. The first-order valence-corrected chi connectivity index (χ1v) is 8.36. The Morgan fingerprint density at radius 2 is 1.84 bits per heavy atom. The van der Waals surface area contributed by atoms with E-state index in [1.807, 2.05) is 35.7 Å². The number of hydrogen-bond donors (Lipinski definition) is 1. The van der Waals surface area contributed by atoms with Crippen molar-refractivity contribution in [2.45, 2.75) is 16.6 Å². The lowest BCUT2D eigenvalue weighted by atomic mass is 9.89. The molecule has 2 heterocycles. The molecule has 19 heavy (non-hydrogen) atoms. The molecular formula is C16H14OS2. The van der Waals surface area contributed by atoms with Gasteiger partial charge < -0.3 is 5.11 Å². The number of hydrogen-bond acceptors (Lipinski definition) is 3. The first kappa shape index (κ1) is 11.7. The monoisotopic (exact) mass is 286 g/mol. The zero-order chi connectivity index (χ0) is 13.0. The number of phenolic OH excluding ortho intramolecular Hbond substituents is 1. The van der Waals surface area contributed by atoms with Gasteiger partial charge in [-0.3, -0.25) is 0 Å². The van der Waals surface area contributed by atoms with E-state index in [1.165, 1.54) is 38.7 Å². The molecule has 2 aliphatic rings. The highest BCUT2D eigenvalue weighted by Crippen LogP contribution is 2.60. The Kier molecular flexibility index (Phi) is 2.45. The molecule has 0 bridgehead atoms. The fourth-order valence-corrected chi connectivity index (χ4v) is 5.88. The Hall–Kier alpha value is -1.06. The molecule has 1 spiro atoms. The van der Waals surface area contributed by atoms with Gasteiger partial charge in [-0.05, 0) is 41.8 Å². The van der Waals surface area contributed by atoms with Crippen LogP contribution in [0.15, 0.2) is 41.3 Å². The fraction of sp³-hybridized carbons (Fsp3) is 0.250. The summed E-state index contributed by atoms with van der Waals surface area (Å²) >= 11 is 3.94. The maximum atomic E-state index is 9.72. The third kappa shape index (κ3) is 1.65. The minimum atomic E-state index is 0.229. The largest absolute Gasteiger partial charge is 0.508 e. The van der Waals surface area contributed by atoms with Crippen LogP contribution in [0.5, 0.6) is 5.75 Å². The van der Waals surface area contributed by atoms with Crippen molar-refractivity contribution in [2.75, 3.05) is 11.5 Å². The second-order valence-corrected chi connectivity index (χ2v) is 7.73. The molecule has 0 unspecified atom stereocenters. The number of aryl methyl sites for hydroxylation is 1. The average molecular weight is 286 g/mol. The van der Waals surface area contributed by atoms with Crippen molar-refractivity contribution < 1.29 is 5.11 Å². The van der Waals surface area contributed by atoms with Gasteiger partial charge in [-0.25, -0.2) is 0 Å². The second-order valence-electron chi connectivity index (χ2n) is 5.32. The summed E-state index contributed by atoms with van der Waals surface area (Å²) in [5.41, 5.74) is 5.42. The molecule has 4 rings (SSSR count). The third-order valence-electron chi connectivity index (χ3n) is 3.90. The van der Waals surface area contributed by atoms with E-state index in [4.69, 9.17) is 0 Å². The second kappa shape index (κ2) is 3.97. The molecule has 0 saturated carbocycles. The summed E-state index contributed by atoms with van der Waals surface area (Å²) in [5.74, 6) is 2.70. The Labute approximate surface area is 121 Å². The zero-order valence-corrected chi connectivity index (χ0v) is 12.3. The summed E-state index contributed by atoms with van der Waals surface area (Å²) in [6, 6.07) is 12.5. The van der Waals surface area contributed by atoms with Gasteiger partial charge in [0.2, 0.25) is 0 Å². The minimum Gasteiger partial charge on any atom is -0.508 e. The molecule has 1 fully saturated rings. The van der Waals surface area contributed by atoms with Crippen LogP contribution in [-0.2, 0) is 4.75 Å². The van der Waals surface area contributed by atoms with E-state index in [0.29, 0.717) is 5.75 Å². The molecule has 1 saturated heterocycles. The van der Waals surface area contributed by atoms with Crippen LogP contribution in [0.25, 0.3) is 11.1 Å². The van der Waals surface area contributed by atoms with Gasteiger partial charge in [-0.2, -0.15) is 11.8 Å². The number of phenols is 1. The van der Waals surface area contributed by atoms with Gasteiger partial charge in [-0.15, -0.1) is 11.8 Å². The first-order chi connectivity index (χ1) is 9.18. The summed E-state index contributed by atoms with van der Waals surface area (Å²) in [5, 5.41) is 9.72. The van der Waals surface area contributed by atoms with Gasteiger partial charge in [-0.1, -0.05) is 23.8 Å². The highest BCUT2D eigenvalue weighted by Gasteiger charge is 2.45. The molecule has 1 nitrogen and oxygen atoms in total. The predicted molar refractivity (Wildman–Crippen MR) is 83.1 cm³/mol. The summed E-state index contributed by atoms with van der Waals surface area (Å²) in [4.78, 5) is 1.22. The topological polar surface area (TPSA) is 20.2 Å². The molecule has 2 aromatic rings. The Balaban J connectivity index is 2.00. The van der Waals surface area contributed by atoms with Crippen molar-refractivity contribution in [1.29, 1.82) is 0 Å². The standard InChI is InChI=1S/C16H14OS2/c1-10-2-4-12-13-5-3-11(17)7-15(13)19-16(8-18-9-16)14(12)6-10/h2-7,17H,8-9H2,1H3. The molecule has 96 valence electrons. The maximum Gasteiger partial charge on any atom is 0.116 e. The summed E-state index contributed by atoms with van der Waals surface area (Å²) in [6.07, 6.45) is 0. The number of thioether (sulfide) groups is 2. The van der Waals surface area contributed by atoms with Gasteiger partial charge in [0.25, 0.3) is 0 Å². The average Bonchev–Trinajstić information content (AvgIpc) is 2.35. The van der Waals surface area contributed by atoms with Crippen molar-refractivity contribution in [2.24, 2.45) is 0 Å². The number of fused-ring (bicyclic) bond motifs is 4. The van der Waals surface area contributed by atoms with Gasteiger partial charge in [0.1, 0.15) is 5.75 Å². The molecule has 0 aromatic heterocycles. The summed E-state index contributed by atoms with van der Waals surface area (Å²) in [7, 11) is 0. The summed E-state index contributed by atoms with van der Waals surface area (Å²) < 4.78 is 0.229. The smallest absolute Gasteiger partial charge is 0.116 e. The Morgan fingerprint density at radius 1 is 1.05 bits per heavy atom. The van der Waals surface area contributed by atoms with E-state index >= 15 is 0 Å². The van der Waals surface area contributed by atoms with Crippen LogP contribution in [0.3, 0.4) is 0 Å². The maximum absolute atomic E-state index is 9.72. The van der Waals surface area contributed by atoms with E-state index in [2.05, 4.69) is 25.1 Å². The van der Waals surface area contributed by atoms with Gasteiger partial charge in [0, 0.05) is 16.4 Å². The van der Waals surface area contributed by atoms with Crippen molar-refractivity contribution in [3.8, 4) is 16.9 Å². The number of aromatic hydroxyl groups is 1. The van der Waals surface area contributed by atoms with E-state index in [-0.39, 0.29) is 4.75 Å². The SMILES string of the molecule is Cc1ccc2c(c1)C1(CSC1)Sc1cc(O)ccc1-2. The molecule has 0 atom stereocenters. The van der Waals surface area contributed by atoms with E-state index in [0.717, 1.165) is 0 Å². The Bertz CT molecular complexity index is 674. The van der Waals surface area contributed by atoms with Crippen LogP contribution in [0.1, 0.15) is 11.1 Å². The van der Waals surface area contributed by atoms with Crippen molar-refractivity contribution in [3.05, 3.63) is 47.5 Å². The lowest BCUT2D eigenvalue weighted by molar-refractivity contribution is 0.474. The zero-order valence-electron chi connectivity index (χ0n) is 10.6. The molecule has 3 heteroatoms. The normalized spacial score (nSPS) is 18.6. The number of rotatable bonds is 0. The molecule has 0 amide bonds. The van der Waals surface area contributed by atoms with Crippen LogP contribution in [-0.4, -0.2) is 16.6 Å². The van der Waals surface area contributed by atoms with Crippen LogP contribution in [0.2, 0.25) is 0 Å².